The molecule has 5 nitrogen and oxygen atoms in total. The maximum Gasteiger partial charge on any atom is 0.227 e. The lowest BCUT2D eigenvalue weighted by Crippen LogP contribution is -2.43. The van der Waals surface area contributed by atoms with Crippen LogP contribution in [0.3, 0.4) is 0 Å². The predicted molar refractivity (Wildman–Crippen MR) is 126 cm³/mol. The van der Waals surface area contributed by atoms with Crippen LogP contribution in [0, 0.1) is 6.92 Å². The summed E-state index contributed by atoms with van der Waals surface area (Å²) in [5, 5.41) is 6.00. The smallest absolute Gasteiger partial charge is 0.227 e. The zero-order valence-corrected chi connectivity index (χ0v) is 18.9. The van der Waals surface area contributed by atoms with Gasteiger partial charge in [-0.1, -0.05) is 54.1 Å². The molecule has 0 saturated carbocycles. The Morgan fingerprint density at radius 2 is 0.933 bits per heavy atom. The molecule has 0 aliphatic rings. The minimum atomic E-state index is -4.09. The molecule has 3 aromatic rings. The van der Waals surface area contributed by atoms with Gasteiger partial charge in [0, 0.05) is 39.6 Å². The Bertz CT molecular complexity index is 1050. The molecule has 0 radical (unpaired) electrons. The fourth-order valence-electron chi connectivity index (χ4n) is 3.77. The van der Waals surface area contributed by atoms with Gasteiger partial charge < -0.3 is 9.80 Å². The SMILES string of the molecule is Cc1ccc(C(c2ccc(N(C)C)cc2)(c2ccc(N(C)C)cc2)S(N)(=O)=O)cc1. The summed E-state index contributed by atoms with van der Waals surface area (Å²) in [7, 11) is 3.69. The summed E-state index contributed by atoms with van der Waals surface area (Å²) in [5.41, 5.74) is 4.84. The summed E-state index contributed by atoms with van der Waals surface area (Å²) in [6.07, 6.45) is 0. The van der Waals surface area contributed by atoms with Gasteiger partial charge in [-0.3, -0.25) is 0 Å². The highest BCUT2D eigenvalue weighted by Gasteiger charge is 2.47. The van der Waals surface area contributed by atoms with Crippen LogP contribution in [0.15, 0.2) is 72.8 Å². The Kier molecular flexibility index (Phi) is 5.92. The number of hydrogen-bond acceptors (Lipinski definition) is 4. The topological polar surface area (TPSA) is 66.6 Å². The highest BCUT2D eigenvalue weighted by molar-refractivity contribution is 7.90. The van der Waals surface area contributed by atoms with Gasteiger partial charge in [0.2, 0.25) is 10.0 Å². The minimum absolute atomic E-state index is 0.608. The molecule has 0 aliphatic heterocycles. The van der Waals surface area contributed by atoms with Crippen molar-refractivity contribution in [1.82, 2.24) is 0 Å². The molecule has 0 aliphatic carbocycles. The lowest BCUT2D eigenvalue weighted by atomic mass is 9.83. The first kappa shape index (κ1) is 21.9. The molecule has 0 spiro atoms. The molecule has 0 heterocycles. The van der Waals surface area contributed by atoms with Crippen LogP contribution in [0.2, 0.25) is 0 Å². The van der Waals surface area contributed by atoms with Crippen molar-refractivity contribution >= 4 is 21.4 Å². The molecule has 0 fully saturated rings. The average Bonchev–Trinajstić information content (AvgIpc) is 2.69. The van der Waals surface area contributed by atoms with Crippen LogP contribution in [0.5, 0.6) is 0 Å². The molecule has 0 bridgehead atoms. The fourth-order valence-corrected chi connectivity index (χ4v) is 5.16. The zero-order chi connectivity index (χ0) is 22.1. The van der Waals surface area contributed by atoms with Crippen molar-refractivity contribution in [3.8, 4) is 0 Å². The van der Waals surface area contributed by atoms with Crippen LogP contribution in [-0.2, 0) is 14.8 Å². The van der Waals surface area contributed by atoms with Gasteiger partial charge in [0.1, 0.15) is 0 Å². The van der Waals surface area contributed by atoms with Crippen LogP contribution in [-0.4, -0.2) is 36.6 Å². The van der Waals surface area contributed by atoms with Crippen LogP contribution >= 0.6 is 0 Å². The fraction of sp³-hybridized carbons (Fsp3) is 0.250. The first-order chi connectivity index (χ1) is 14.1. The maximum absolute atomic E-state index is 13.3. The van der Waals surface area contributed by atoms with Crippen LogP contribution < -0.4 is 14.9 Å². The molecule has 0 aromatic heterocycles. The van der Waals surface area contributed by atoms with Crippen molar-refractivity contribution in [1.29, 1.82) is 0 Å². The summed E-state index contributed by atoms with van der Waals surface area (Å²) in [4.78, 5) is 3.94. The van der Waals surface area contributed by atoms with E-state index in [0.29, 0.717) is 16.7 Å². The minimum Gasteiger partial charge on any atom is -0.378 e. The van der Waals surface area contributed by atoms with E-state index in [1.54, 1.807) is 0 Å². The summed E-state index contributed by atoms with van der Waals surface area (Å²) >= 11 is 0. The summed E-state index contributed by atoms with van der Waals surface area (Å²) in [6, 6.07) is 22.6. The zero-order valence-electron chi connectivity index (χ0n) is 18.1. The highest BCUT2D eigenvalue weighted by Crippen LogP contribution is 2.43. The number of hydrogen-bond donors (Lipinski definition) is 1. The lowest BCUT2D eigenvalue weighted by molar-refractivity contribution is 0.574. The van der Waals surface area contributed by atoms with Gasteiger partial charge in [0.05, 0.1) is 0 Å². The number of sulfonamides is 1. The number of rotatable bonds is 6. The second-order valence-electron chi connectivity index (χ2n) is 7.97. The quantitative estimate of drug-likeness (QED) is 0.614. The third-order valence-corrected chi connectivity index (χ3v) is 7.03. The van der Waals surface area contributed by atoms with Gasteiger partial charge in [-0.05, 0) is 47.9 Å². The van der Waals surface area contributed by atoms with E-state index in [1.807, 2.05) is 118 Å². The van der Waals surface area contributed by atoms with Gasteiger partial charge in [-0.2, -0.15) is 0 Å². The molecule has 3 rings (SSSR count). The Balaban J connectivity index is 2.37. The number of nitrogens with zero attached hydrogens (tertiary/aromatic N) is 2. The average molecular weight is 424 g/mol. The van der Waals surface area contributed by atoms with E-state index in [9.17, 15) is 8.42 Å². The van der Waals surface area contributed by atoms with Crippen molar-refractivity contribution in [2.45, 2.75) is 11.7 Å². The Hall–Kier alpha value is -2.83. The van der Waals surface area contributed by atoms with Crippen LogP contribution in [0.1, 0.15) is 22.3 Å². The van der Waals surface area contributed by atoms with E-state index < -0.39 is 14.8 Å². The highest BCUT2D eigenvalue weighted by atomic mass is 32.2. The number of benzene rings is 3. The summed E-state index contributed by atoms with van der Waals surface area (Å²) < 4.78 is 25.2. The van der Waals surface area contributed by atoms with E-state index >= 15 is 0 Å². The molecule has 0 amide bonds. The third kappa shape index (κ3) is 3.80. The number of aryl methyl sites for hydroxylation is 1. The van der Waals surface area contributed by atoms with E-state index in [1.165, 1.54) is 0 Å². The Morgan fingerprint density at radius 3 is 1.20 bits per heavy atom. The van der Waals surface area contributed by atoms with Crippen molar-refractivity contribution in [3.63, 3.8) is 0 Å². The molecule has 158 valence electrons. The maximum atomic E-state index is 13.3. The molecule has 2 N–H and O–H groups in total. The number of nitrogens with two attached hydrogens (primary N) is 1. The monoisotopic (exact) mass is 423 g/mol. The van der Waals surface area contributed by atoms with Gasteiger partial charge in [0.25, 0.3) is 0 Å². The van der Waals surface area contributed by atoms with Crippen molar-refractivity contribution in [2.75, 3.05) is 38.0 Å². The second-order valence-corrected chi connectivity index (χ2v) is 9.68. The van der Waals surface area contributed by atoms with Crippen molar-refractivity contribution in [3.05, 3.63) is 95.1 Å². The largest absolute Gasteiger partial charge is 0.378 e. The van der Waals surface area contributed by atoms with Gasteiger partial charge in [-0.15, -0.1) is 0 Å². The molecule has 0 atom stereocenters. The molecular weight excluding hydrogens is 394 g/mol. The normalized spacial score (nSPS) is 11.9. The van der Waals surface area contributed by atoms with E-state index in [0.717, 1.165) is 16.9 Å². The van der Waals surface area contributed by atoms with Gasteiger partial charge in [0.15, 0.2) is 4.75 Å². The van der Waals surface area contributed by atoms with E-state index in [-0.39, 0.29) is 0 Å². The molecule has 30 heavy (non-hydrogen) atoms. The molecular formula is C24H29N3O2S. The lowest BCUT2D eigenvalue weighted by Gasteiger charge is -2.34. The Labute approximate surface area is 179 Å². The van der Waals surface area contributed by atoms with E-state index in [4.69, 9.17) is 5.14 Å². The number of primary sulfonamides is 1. The van der Waals surface area contributed by atoms with E-state index in [2.05, 4.69) is 0 Å². The second kappa shape index (κ2) is 8.13. The Morgan fingerprint density at radius 1 is 0.633 bits per heavy atom. The summed E-state index contributed by atoms with van der Waals surface area (Å²) in [5.74, 6) is 0. The molecule has 0 saturated heterocycles. The van der Waals surface area contributed by atoms with Gasteiger partial charge in [-0.25, -0.2) is 13.6 Å². The molecule has 0 unspecified atom stereocenters. The molecule has 6 heteroatoms. The van der Waals surface area contributed by atoms with Gasteiger partial charge >= 0.3 is 0 Å². The standard InChI is InChI=1S/C24H29N3O2S/c1-18-6-8-19(9-7-18)24(30(25,28)29,20-10-14-22(15-11-20)26(2)3)21-12-16-23(17-13-21)27(4)5/h6-17H,1-5H3,(H2,25,28,29). The van der Waals surface area contributed by atoms with Crippen molar-refractivity contribution < 1.29 is 8.42 Å². The van der Waals surface area contributed by atoms with Crippen LogP contribution in [0.25, 0.3) is 0 Å². The predicted octanol–water partition coefficient (Wildman–Crippen LogP) is 3.71. The summed E-state index contributed by atoms with van der Waals surface area (Å²) in [6.45, 7) is 1.97. The third-order valence-electron chi connectivity index (χ3n) is 5.47. The van der Waals surface area contributed by atoms with Crippen molar-refractivity contribution in [2.24, 2.45) is 5.14 Å². The first-order valence-electron chi connectivity index (χ1n) is 9.72. The first-order valence-corrected chi connectivity index (χ1v) is 11.3. The van der Waals surface area contributed by atoms with Crippen LogP contribution in [0.4, 0.5) is 11.4 Å². The molecule has 3 aromatic carbocycles. The number of anilines is 2.